The number of anilines is 1. The first-order valence-corrected chi connectivity index (χ1v) is 6.14. The highest BCUT2D eigenvalue weighted by atomic mass is 32.1. The van der Waals surface area contributed by atoms with Crippen LogP contribution in [0.4, 0.5) is 18.3 Å². The van der Waals surface area contributed by atoms with Gasteiger partial charge in [0, 0.05) is 11.3 Å². The highest BCUT2D eigenvalue weighted by Gasteiger charge is 2.30. The average Bonchev–Trinajstić information content (AvgIpc) is 2.74. The van der Waals surface area contributed by atoms with Crippen molar-refractivity contribution in [3.05, 3.63) is 46.5 Å². The molecule has 96 valence electrons. The van der Waals surface area contributed by atoms with E-state index in [2.05, 4.69) is 4.98 Å². The minimum atomic E-state index is -4.30. The molecule has 0 fully saturated rings. The molecule has 0 bridgehead atoms. The Bertz CT molecular complexity index is 531. The summed E-state index contributed by atoms with van der Waals surface area (Å²) in [6.45, 7) is 1.89. The summed E-state index contributed by atoms with van der Waals surface area (Å²) < 4.78 is 37.3. The highest BCUT2D eigenvalue weighted by molar-refractivity contribution is 7.13. The SMILES string of the molecule is CC(c1ccc(C(F)(F)F)cc1)c1csc(N)n1. The maximum absolute atomic E-state index is 12.4. The van der Waals surface area contributed by atoms with E-state index in [9.17, 15) is 13.2 Å². The Hall–Kier alpha value is -1.56. The van der Waals surface area contributed by atoms with Crippen molar-refractivity contribution in [1.82, 2.24) is 4.98 Å². The first-order chi connectivity index (χ1) is 8.38. The number of nitrogens with two attached hydrogens (primary N) is 1. The Morgan fingerprint density at radius 1 is 1.22 bits per heavy atom. The molecule has 0 spiro atoms. The number of thiazole rings is 1. The van der Waals surface area contributed by atoms with Crippen LogP contribution in [0.1, 0.15) is 29.7 Å². The summed E-state index contributed by atoms with van der Waals surface area (Å²) in [5, 5.41) is 2.28. The maximum Gasteiger partial charge on any atom is 0.416 e. The molecule has 0 radical (unpaired) electrons. The lowest BCUT2D eigenvalue weighted by atomic mass is 9.97. The lowest BCUT2D eigenvalue weighted by Crippen LogP contribution is -2.05. The van der Waals surface area contributed by atoms with Gasteiger partial charge < -0.3 is 5.73 Å². The minimum Gasteiger partial charge on any atom is -0.375 e. The first-order valence-electron chi connectivity index (χ1n) is 5.26. The maximum atomic E-state index is 12.4. The predicted molar refractivity (Wildman–Crippen MR) is 65.5 cm³/mol. The number of aromatic nitrogens is 1. The van der Waals surface area contributed by atoms with Crippen molar-refractivity contribution in [3.63, 3.8) is 0 Å². The van der Waals surface area contributed by atoms with Crippen LogP contribution in [-0.4, -0.2) is 4.98 Å². The Kier molecular flexibility index (Phi) is 3.30. The molecule has 2 rings (SSSR count). The average molecular weight is 272 g/mol. The van der Waals surface area contributed by atoms with Crippen molar-refractivity contribution in [2.45, 2.75) is 19.0 Å². The van der Waals surface area contributed by atoms with Crippen LogP contribution < -0.4 is 5.73 Å². The number of rotatable bonds is 2. The third kappa shape index (κ3) is 2.64. The fraction of sp³-hybridized carbons (Fsp3) is 0.250. The molecule has 1 aromatic carbocycles. The zero-order valence-corrected chi connectivity index (χ0v) is 10.3. The van der Waals surface area contributed by atoms with Crippen LogP contribution in [0.15, 0.2) is 29.6 Å². The minimum absolute atomic E-state index is 0.0687. The van der Waals surface area contributed by atoms with Crippen LogP contribution in [-0.2, 0) is 6.18 Å². The third-order valence-electron chi connectivity index (χ3n) is 2.72. The van der Waals surface area contributed by atoms with Gasteiger partial charge in [0.1, 0.15) is 0 Å². The Labute approximate surface area is 106 Å². The zero-order chi connectivity index (χ0) is 13.3. The largest absolute Gasteiger partial charge is 0.416 e. The van der Waals surface area contributed by atoms with Gasteiger partial charge in [-0.1, -0.05) is 19.1 Å². The van der Waals surface area contributed by atoms with Gasteiger partial charge in [0.05, 0.1) is 11.3 Å². The Morgan fingerprint density at radius 3 is 2.28 bits per heavy atom. The van der Waals surface area contributed by atoms with Crippen molar-refractivity contribution < 1.29 is 13.2 Å². The van der Waals surface area contributed by atoms with E-state index in [1.807, 2.05) is 12.3 Å². The van der Waals surface area contributed by atoms with Gasteiger partial charge in [-0.3, -0.25) is 0 Å². The monoisotopic (exact) mass is 272 g/mol. The molecule has 0 aliphatic heterocycles. The van der Waals surface area contributed by atoms with E-state index in [1.165, 1.54) is 23.5 Å². The van der Waals surface area contributed by atoms with Crippen molar-refractivity contribution in [2.75, 3.05) is 5.73 Å². The predicted octanol–water partition coefficient (Wildman–Crippen LogP) is 3.90. The van der Waals surface area contributed by atoms with E-state index < -0.39 is 11.7 Å². The highest BCUT2D eigenvalue weighted by Crippen LogP contribution is 2.31. The van der Waals surface area contributed by atoms with Gasteiger partial charge in [-0.2, -0.15) is 13.2 Å². The summed E-state index contributed by atoms with van der Waals surface area (Å²) >= 11 is 1.32. The van der Waals surface area contributed by atoms with Gasteiger partial charge >= 0.3 is 6.18 Å². The zero-order valence-electron chi connectivity index (χ0n) is 9.53. The summed E-state index contributed by atoms with van der Waals surface area (Å²) in [7, 11) is 0. The van der Waals surface area contributed by atoms with Gasteiger partial charge in [-0.15, -0.1) is 11.3 Å². The van der Waals surface area contributed by atoms with Gasteiger partial charge in [0.15, 0.2) is 5.13 Å². The van der Waals surface area contributed by atoms with Gasteiger partial charge in [0.2, 0.25) is 0 Å². The van der Waals surface area contributed by atoms with Crippen LogP contribution >= 0.6 is 11.3 Å². The van der Waals surface area contributed by atoms with Gasteiger partial charge in [-0.25, -0.2) is 4.98 Å². The Morgan fingerprint density at radius 2 is 1.83 bits per heavy atom. The van der Waals surface area contributed by atoms with E-state index in [0.29, 0.717) is 5.13 Å². The van der Waals surface area contributed by atoms with Crippen LogP contribution in [0.2, 0.25) is 0 Å². The lowest BCUT2D eigenvalue weighted by molar-refractivity contribution is -0.137. The topological polar surface area (TPSA) is 38.9 Å². The van der Waals surface area contributed by atoms with Crippen LogP contribution in [0.25, 0.3) is 0 Å². The number of nitrogen functional groups attached to an aromatic ring is 1. The summed E-state index contributed by atoms with van der Waals surface area (Å²) in [6.07, 6.45) is -4.30. The van der Waals surface area contributed by atoms with Gasteiger partial charge in [-0.05, 0) is 17.7 Å². The summed E-state index contributed by atoms with van der Waals surface area (Å²) in [5.74, 6) is -0.0687. The number of benzene rings is 1. The lowest BCUT2D eigenvalue weighted by Gasteiger charge is -2.11. The van der Waals surface area contributed by atoms with Crippen molar-refractivity contribution >= 4 is 16.5 Å². The second kappa shape index (κ2) is 4.61. The molecule has 0 amide bonds. The summed E-state index contributed by atoms with van der Waals surface area (Å²) in [6, 6.07) is 5.12. The molecule has 6 heteroatoms. The second-order valence-corrected chi connectivity index (χ2v) is 4.84. The first kappa shape index (κ1) is 12.9. The van der Waals surface area contributed by atoms with Crippen molar-refractivity contribution in [1.29, 1.82) is 0 Å². The van der Waals surface area contributed by atoms with Gasteiger partial charge in [0.25, 0.3) is 0 Å². The standard InChI is InChI=1S/C12H11F3N2S/c1-7(10-6-18-11(16)17-10)8-2-4-9(5-3-8)12(13,14)15/h2-7H,1H3,(H2,16,17). The molecule has 2 nitrogen and oxygen atoms in total. The molecule has 0 aliphatic carbocycles. The van der Waals surface area contributed by atoms with Crippen LogP contribution in [0.3, 0.4) is 0 Å². The second-order valence-electron chi connectivity index (χ2n) is 3.95. The molecule has 0 saturated carbocycles. The van der Waals surface area contributed by atoms with Crippen molar-refractivity contribution in [3.8, 4) is 0 Å². The van der Waals surface area contributed by atoms with Crippen LogP contribution in [0.5, 0.6) is 0 Å². The fourth-order valence-electron chi connectivity index (χ4n) is 1.63. The van der Waals surface area contributed by atoms with E-state index in [4.69, 9.17) is 5.73 Å². The number of hydrogen-bond acceptors (Lipinski definition) is 3. The van der Waals surface area contributed by atoms with E-state index in [0.717, 1.165) is 23.4 Å². The number of nitrogens with zero attached hydrogens (tertiary/aromatic N) is 1. The quantitative estimate of drug-likeness (QED) is 0.900. The van der Waals surface area contributed by atoms with Crippen molar-refractivity contribution in [2.24, 2.45) is 0 Å². The molecule has 18 heavy (non-hydrogen) atoms. The number of halogens is 3. The van der Waals surface area contributed by atoms with E-state index >= 15 is 0 Å². The third-order valence-corrected chi connectivity index (χ3v) is 3.41. The molecule has 1 heterocycles. The molecular formula is C12H11F3N2S. The molecule has 1 unspecified atom stereocenters. The normalized spacial score (nSPS) is 13.6. The number of hydrogen-bond donors (Lipinski definition) is 1. The molecule has 1 atom stereocenters. The van der Waals surface area contributed by atoms with E-state index in [1.54, 1.807) is 0 Å². The fourth-order valence-corrected chi connectivity index (χ4v) is 2.29. The molecule has 1 aromatic heterocycles. The van der Waals surface area contributed by atoms with Crippen LogP contribution in [0, 0.1) is 0 Å². The summed E-state index contributed by atoms with van der Waals surface area (Å²) in [4.78, 5) is 4.13. The molecule has 2 aromatic rings. The molecular weight excluding hydrogens is 261 g/mol. The molecule has 2 N–H and O–H groups in total. The number of alkyl halides is 3. The molecule has 0 saturated heterocycles. The Balaban J connectivity index is 2.24. The van der Waals surface area contributed by atoms with E-state index in [-0.39, 0.29) is 5.92 Å². The summed E-state index contributed by atoms with van der Waals surface area (Å²) in [5.41, 5.74) is 6.45. The smallest absolute Gasteiger partial charge is 0.375 e. The molecule has 0 aliphatic rings.